The number of thiophene rings is 1. The number of carbonyl (C=O) groups excluding carboxylic acids is 1. The Morgan fingerprint density at radius 3 is 2.62 bits per heavy atom. The first-order valence-electron chi connectivity index (χ1n) is 7.94. The Hall–Kier alpha value is -2.83. The van der Waals surface area contributed by atoms with Crippen LogP contribution in [0.3, 0.4) is 0 Å². The number of ether oxygens (including phenoxy) is 1. The lowest BCUT2D eigenvalue weighted by Gasteiger charge is -2.16. The lowest BCUT2D eigenvalue weighted by molar-refractivity contribution is 0.0599. The average Bonchev–Trinajstić information content (AvgIpc) is 3.05. The van der Waals surface area contributed by atoms with E-state index < -0.39 is 29.6 Å². The number of halogens is 2. The number of hydrogen-bond donors (Lipinski definition) is 3. The highest BCUT2D eigenvalue weighted by Gasteiger charge is 2.53. The average molecular weight is 438 g/mol. The van der Waals surface area contributed by atoms with Crippen molar-refractivity contribution in [2.24, 2.45) is 0 Å². The van der Waals surface area contributed by atoms with Crippen LogP contribution in [0.5, 0.6) is 5.75 Å². The van der Waals surface area contributed by atoms with Crippen LogP contribution < -0.4 is 10.1 Å². The Morgan fingerprint density at radius 2 is 2.00 bits per heavy atom. The summed E-state index contributed by atoms with van der Waals surface area (Å²) in [5.74, 6) is -0.0364. The lowest BCUT2D eigenvalue weighted by Crippen LogP contribution is -2.13. The summed E-state index contributed by atoms with van der Waals surface area (Å²) in [7, 11) is -4.36. The Balaban J connectivity index is 2.03. The number of nitriles is 1. The first-order valence-corrected chi connectivity index (χ1v) is 10.4. The van der Waals surface area contributed by atoms with E-state index in [1.165, 1.54) is 25.3 Å². The zero-order valence-electron chi connectivity index (χ0n) is 14.7. The van der Waals surface area contributed by atoms with Gasteiger partial charge in [0.05, 0.1) is 12.7 Å². The van der Waals surface area contributed by atoms with Gasteiger partial charge in [-0.1, -0.05) is 6.07 Å². The number of alkyl halides is 2. The molecule has 0 saturated carbocycles. The van der Waals surface area contributed by atoms with Crippen LogP contribution in [-0.2, 0) is 10.2 Å². The standard InChI is InChI=1S/C18H13F2N2O5PS/c1-27-12-4-2-3-11(8-12)22-17(23)10-5-6-15-13(7-10)14(9-21)16(29-15)18(19,20)28(24,25)26/h2-8H,1H3,(H,22,23)(H2,24,25,26). The zero-order valence-corrected chi connectivity index (χ0v) is 16.4. The van der Waals surface area contributed by atoms with Crippen molar-refractivity contribution in [3.8, 4) is 11.8 Å². The van der Waals surface area contributed by atoms with Crippen LogP contribution in [0.4, 0.5) is 14.5 Å². The fraction of sp³-hybridized carbons (Fsp3) is 0.111. The topological polar surface area (TPSA) is 120 Å². The van der Waals surface area contributed by atoms with E-state index in [9.17, 15) is 23.4 Å². The zero-order chi connectivity index (χ0) is 21.4. The Bertz CT molecular complexity index is 1200. The number of nitrogens with zero attached hydrogens (tertiary/aromatic N) is 1. The largest absolute Gasteiger partial charge is 0.497 e. The molecule has 0 fully saturated rings. The van der Waals surface area contributed by atoms with Crippen LogP contribution in [0, 0.1) is 11.3 Å². The van der Waals surface area contributed by atoms with Crippen molar-refractivity contribution in [1.29, 1.82) is 5.26 Å². The van der Waals surface area contributed by atoms with E-state index in [2.05, 4.69) is 5.32 Å². The molecular formula is C18H13F2N2O5PS. The summed E-state index contributed by atoms with van der Waals surface area (Å²) in [4.78, 5) is 29.4. The van der Waals surface area contributed by atoms with Gasteiger partial charge in [0.1, 0.15) is 16.7 Å². The molecule has 3 rings (SSSR count). The summed E-state index contributed by atoms with van der Waals surface area (Å²) in [5, 5.41) is 12.0. The van der Waals surface area contributed by atoms with Crippen molar-refractivity contribution >= 4 is 40.6 Å². The molecule has 0 spiro atoms. The molecule has 0 atom stereocenters. The summed E-state index contributed by atoms with van der Waals surface area (Å²) in [5.41, 5.74) is -4.56. The van der Waals surface area contributed by atoms with Gasteiger partial charge in [0.15, 0.2) is 0 Å². The highest BCUT2D eigenvalue weighted by Crippen LogP contribution is 2.62. The monoisotopic (exact) mass is 438 g/mol. The molecule has 1 aromatic heterocycles. The van der Waals surface area contributed by atoms with Gasteiger partial charge in [0, 0.05) is 27.4 Å². The fourth-order valence-corrected chi connectivity index (χ4v) is 4.48. The molecule has 0 saturated heterocycles. The summed E-state index contributed by atoms with van der Waals surface area (Å²) in [6.07, 6.45) is 0. The van der Waals surface area contributed by atoms with Crippen LogP contribution >= 0.6 is 18.9 Å². The van der Waals surface area contributed by atoms with Gasteiger partial charge < -0.3 is 19.8 Å². The molecule has 3 N–H and O–H groups in total. The maximum absolute atomic E-state index is 14.2. The molecule has 29 heavy (non-hydrogen) atoms. The third-order valence-corrected chi connectivity index (χ3v) is 6.38. The van der Waals surface area contributed by atoms with Gasteiger partial charge in [-0.3, -0.25) is 9.36 Å². The van der Waals surface area contributed by atoms with Gasteiger partial charge in [0.2, 0.25) is 0 Å². The lowest BCUT2D eigenvalue weighted by atomic mass is 10.1. The Labute approximate surface area is 167 Å². The maximum Gasteiger partial charge on any atom is 0.400 e. The molecule has 2 aromatic carbocycles. The minimum Gasteiger partial charge on any atom is -0.497 e. The normalized spacial score (nSPS) is 11.9. The minimum absolute atomic E-state index is 0.0129. The highest BCUT2D eigenvalue weighted by atomic mass is 32.1. The third-order valence-electron chi connectivity index (χ3n) is 4.03. The molecule has 1 heterocycles. The molecule has 0 bridgehead atoms. The summed E-state index contributed by atoms with van der Waals surface area (Å²) >= 11 is 0.399. The van der Waals surface area contributed by atoms with E-state index >= 15 is 0 Å². The fourth-order valence-electron chi connectivity index (χ4n) is 2.60. The predicted octanol–water partition coefficient (Wildman–Crippen LogP) is 4.26. The number of methoxy groups -OCH3 is 1. The highest BCUT2D eigenvalue weighted by molar-refractivity contribution is 7.53. The van der Waals surface area contributed by atoms with Gasteiger partial charge in [0.25, 0.3) is 5.91 Å². The van der Waals surface area contributed by atoms with E-state index in [-0.39, 0.29) is 15.6 Å². The molecule has 150 valence electrons. The van der Waals surface area contributed by atoms with Gasteiger partial charge in [-0.15, -0.1) is 11.3 Å². The molecule has 0 aliphatic carbocycles. The molecule has 3 aromatic rings. The summed E-state index contributed by atoms with van der Waals surface area (Å²) < 4.78 is 44.8. The van der Waals surface area contributed by atoms with Crippen LogP contribution in [0.2, 0.25) is 0 Å². The van der Waals surface area contributed by atoms with Crippen LogP contribution in [0.15, 0.2) is 42.5 Å². The number of benzene rings is 2. The molecule has 1 amide bonds. The van der Waals surface area contributed by atoms with Crippen molar-refractivity contribution < 1.29 is 32.7 Å². The van der Waals surface area contributed by atoms with E-state index in [1.807, 2.05) is 0 Å². The second-order valence-corrected chi connectivity index (χ2v) is 8.60. The number of nitrogens with one attached hydrogen (secondary N) is 1. The number of fused-ring (bicyclic) bond motifs is 1. The number of carbonyl (C=O) groups is 1. The van der Waals surface area contributed by atoms with Gasteiger partial charge >= 0.3 is 13.3 Å². The molecule has 0 radical (unpaired) electrons. The molecule has 0 aliphatic heterocycles. The maximum atomic E-state index is 14.2. The molecule has 7 nitrogen and oxygen atoms in total. The van der Waals surface area contributed by atoms with E-state index in [0.29, 0.717) is 22.8 Å². The van der Waals surface area contributed by atoms with Gasteiger partial charge in [-0.2, -0.15) is 14.0 Å². The first-order chi connectivity index (χ1) is 13.6. The van der Waals surface area contributed by atoms with Gasteiger partial charge in [-0.05, 0) is 30.3 Å². The van der Waals surface area contributed by atoms with Gasteiger partial charge in [-0.25, -0.2) is 0 Å². The molecule has 0 unspecified atom stereocenters. The number of amides is 1. The SMILES string of the molecule is COc1cccc(NC(=O)c2ccc3sc(C(F)(F)P(=O)(O)O)c(C#N)c3c2)c1. The quantitative estimate of drug-likeness (QED) is 0.512. The van der Waals surface area contributed by atoms with E-state index in [4.69, 9.17) is 14.5 Å². The van der Waals surface area contributed by atoms with E-state index in [0.717, 1.165) is 0 Å². The second-order valence-electron chi connectivity index (χ2n) is 5.90. The molecular weight excluding hydrogens is 425 g/mol. The Kier molecular flexibility index (Phi) is 5.43. The number of anilines is 1. The van der Waals surface area contributed by atoms with Crippen molar-refractivity contribution in [1.82, 2.24) is 0 Å². The van der Waals surface area contributed by atoms with E-state index in [1.54, 1.807) is 30.3 Å². The summed E-state index contributed by atoms with van der Waals surface area (Å²) in [6.45, 7) is 0. The smallest absolute Gasteiger partial charge is 0.400 e. The first kappa shape index (κ1) is 20.9. The predicted molar refractivity (Wildman–Crippen MR) is 103 cm³/mol. The van der Waals surface area contributed by atoms with Crippen molar-refractivity contribution in [3.63, 3.8) is 0 Å². The number of hydrogen-bond acceptors (Lipinski definition) is 5. The Morgan fingerprint density at radius 1 is 1.28 bits per heavy atom. The third kappa shape index (κ3) is 3.86. The van der Waals surface area contributed by atoms with Crippen molar-refractivity contribution in [2.75, 3.05) is 12.4 Å². The summed E-state index contributed by atoms with van der Waals surface area (Å²) in [6, 6.07) is 12.1. The van der Waals surface area contributed by atoms with Crippen molar-refractivity contribution in [3.05, 3.63) is 58.5 Å². The van der Waals surface area contributed by atoms with Crippen molar-refractivity contribution in [2.45, 2.75) is 5.66 Å². The second kappa shape index (κ2) is 7.54. The number of rotatable bonds is 5. The molecule has 0 aliphatic rings. The molecule has 11 heteroatoms. The minimum atomic E-state index is -5.84. The van der Waals surface area contributed by atoms with Crippen LogP contribution in [-0.4, -0.2) is 22.8 Å². The van der Waals surface area contributed by atoms with Crippen LogP contribution in [0.1, 0.15) is 20.8 Å². The van der Waals surface area contributed by atoms with Crippen LogP contribution in [0.25, 0.3) is 10.1 Å².